The minimum Gasteiger partial charge on any atom is -0.469 e. The summed E-state index contributed by atoms with van der Waals surface area (Å²) in [5.74, 6) is -0.986. The summed E-state index contributed by atoms with van der Waals surface area (Å²) < 4.78 is 17.4. The van der Waals surface area contributed by atoms with Crippen LogP contribution in [0.1, 0.15) is 6.42 Å². The number of alkyl halides is 1. The minimum absolute atomic E-state index is 0.264. The van der Waals surface area contributed by atoms with Crippen molar-refractivity contribution in [3.63, 3.8) is 0 Å². The first kappa shape index (κ1) is 8.46. The quantitative estimate of drug-likeness (QED) is 0.554. The van der Waals surface area contributed by atoms with Gasteiger partial charge in [-0.15, -0.1) is 0 Å². The van der Waals surface area contributed by atoms with Crippen molar-refractivity contribution in [2.45, 2.75) is 12.6 Å². The average Bonchev–Trinajstić information content (AvgIpc) is 2.04. The maximum Gasteiger partial charge on any atom is 0.311 e. The number of hydrogen-bond donors (Lipinski definition) is 1. The Balaban J connectivity index is 2.47. The Labute approximate surface area is 64.9 Å². The molecule has 0 radical (unpaired) electrons. The highest BCUT2D eigenvalue weighted by Gasteiger charge is 2.31. The molecule has 2 atom stereocenters. The number of halogens is 1. The van der Waals surface area contributed by atoms with Gasteiger partial charge in [-0.2, -0.15) is 0 Å². The van der Waals surface area contributed by atoms with Gasteiger partial charge < -0.3 is 10.1 Å². The summed E-state index contributed by atoms with van der Waals surface area (Å²) in [7, 11) is 1.29. The van der Waals surface area contributed by atoms with E-state index in [0.717, 1.165) is 0 Å². The van der Waals surface area contributed by atoms with Crippen molar-refractivity contribution in [1.82, 2.24) is 5.32 Å². The molecule has 1 saturated heterocycles. The van der Waals surface area contributed by atoms with E-state index in [9.17, 15) is 9.18 Å². The lowest BCUT2D eigenvalue weighted by Gasteiger charge is -2.24. The van der Waals surface area contributed by atoms with Crippen LogP contribution in [0, 0.1) is 5.92 Å². The number of rotatable bonds is 1. The minimum atomic E-state index is -1.09. The molecule has 0 amide bonds. The molecule has 0 bridgehead atoms. The molecule has 1 fully saturated rings. The maximum absolute atomic E-state index is 12.9. The largest absolute Gasteiger partial charge is 0.469 e. The number of hydrogen-bond acceptors (Lipinski definition) is 3. The molecule has 3 nitrogen and oxygen atoms in total. The van der Waals surface area contributed by atoms with Gasteiger partial charge in [-0.05, 0) is 13.0 Å². The Morgan fingerprint density at radius 1 is 1.73 bits per heavy atom. The van der Waals surface area contributed by atoms with Crippen LogP contribution in [0.3, 0.4) is 0 Å². The molecule has 0 aromatic rings. The van der Waals surface area contributed by atoms with Crippen molar-refractivity contribution in [3.05, 3.63) is 0 Å². The van der Waals surface area contributed by atoms with E-state index < -0.39 is 18.1 Å². The third-order valence-electron chi connectivity index (χ3n) is 1.91. The van der Waals surface area contributed by atoms with Gasteiger partial charge in [0.25, 0.3) is 0 Å². The smallest absolute Gasteiger partial charge is 0.311 e. The van der Waals surface area contributed by atoms with Crippen molar-refractivity contribution in [2.75, 3.05) is 20.2 Å². The predicted octanol–water partition coefficient (Wildman–Crippen LogP) is 0.107. The predicted molar refractivity (Wildman–Crippen MR) is 37.9 cm³/mol. The van der Waals surface area contributed by atoms with Crippen molar-refractivity contribution in [2.24, 2.45) is 5.92 Å². The first-order valence-corrected chi connectivity index (χ1v) is 3.68. The van der Waals surface area contributed by atoms with Crippen molar-refractivity contribution in [3.8, 4) is 0 Å². The highest BCUT2D eigenvalue weighted by atomic mass is 19.1. The molecule has 0 aromatic heterocycles. The van der Waals surface area contributed by atoms with Crippen LogP contribution in [0.4, 0.5) is 4.39 Å². The summed E-state index contributed by atoms with van der Waals surface area (Å²) in [6, 6.07) is 0. The summed E-state index contributed by atoms with van der Waals surface area (Å²) >= 11 is 0. The first-order valence-electron chi connectivity index (χ1n) is 3.68. The molecule has 1 aliphatic rings. The van der Waals surface area contributed by atoms with Gasteiger partial charge in [-0.3, -0.25) is 4.79 Å². The van der Waals surface area contributed by atoms with Crippen LogP contribution in [-0.2, 0) is 9.53 Å². The normalized spacial score (nSPS) is 31.5. The van der Waals surface area contributed by atoms with E-state index in [4.69, 9.17) is 0 Å². The Bertz CT molecular complexity index is 151. The Morgan fingerprint density at radius 2 is 2.45 bits per heavy atom. The third-order valence-corrected chi connectivity index (χ3v) is 1.91. The molecule has 0 unspecified atom stereocenters. The van der Waals surface area contributed by atoms with Crippen LogP contribution in [0.5, 0.6) is 0 Å². The molecule has 11 heavy (non-hydrogen) atoms. The van der Waals surface area contributed by atoms with Gasteiger partial charge in [0.1, 0.15) is 6.17 Å². The van der Waals surface area contributed by atoms with Gasteiger partial charge in [0.2, 0.25) is 0 Å². The van der Waals surface area contributed by atoms with Crippen LogP contribution in [-0.4, -0.2) is 32.3 Å². The summed E-state index contributed by atoms with van der Waals surface area (Å²) in [4.78, 5) is 10.9. The monoisotopic (exact) mass is 161 g/mol. The number of ether oxygens (including phenoxy) is 1. The van der Waals surface area contributed by atoms with Gasteiger partial charge >= 0.3 is 5.97 Å². The van der Waals surface area contributed by atoms with E-state index in [0.29, 0.717) is 13.0 Å². The lowest BCUT2D eigenvalue weighted by atomic mass is 9.97. The molecule has 1 heterocycles. The van der Waals surface area contributed by atoms with Gasteiger partial charge in [0.15, 0.2) is 0 Å². The zero-order chi connectivity index (χ0) is 8.27. The lowest BCUT2D eigenvalue weighted by Crippen LogP contribution is -2.42. The molecule has 4 heteroatoms. The van der Waals surface area contributed by atoms with Crippen LogP contribution < -0.4 is 5.32 Å². The molecular formula is C7H12FNO2. The van der Waals surface area contributed by atoms with Crippen LogP contribution in [0.25, 0.3) is 0 Å². The van der Waals surface area contributed by atoms with Crippen LogP contribution >= 0.6 is 0 Å². The van der Waals surface area contributed by atoms with Crippen molar-refractivity contribution >= 4 is 5.97 Å². The van der Waals surface area contributed by atoms with Crippen LogP contribution in [0.15, 0.2) is 0 Å². The molecule has 1 aliphatic heterocycles. The van der Waals surface area contributed by atoms with Crippen molar-refractivity contribution in [1.29, 1.82) is 0 Å². The second-order valence-corrected chi connectivity index (χ2v) is 2.64. The zero-order valence-corrected chi connectivity index (χ0v) is 6.47. The summed E-state index contributed by atoms with van der Waals surface area (Å²) in [5.41, 5.74) is 0. The number of carbonyl (C=O) groups is 1. The molecule has 0 spiro atoms. The van der Waals surface area contributed by atoms with Gasteiger partial charge in [0.05, 0.1) is 13.0 Å². The number of piperidine rings is 1. The number of esters is 1. The molecular weight excluding hydrogens is 149 g/mol. The summed E-state index contributed by atoms with van der Waals surface area (Å²) in [5, 5.41) is 2.86. The molecule has 0 saturated carbocycles. The fraction of sp³-hybridized carbons (Fsp3) is 0.857. The fourth-order valence-corrected chi connectivity index (χ4v) is 1.24. The third kappa shape index (κ3) is 1.89. The standard InChI is InChI=1S/C7H12FNO2/c1-11-7(10)5-2-3-9-4-6(5)8/h5-6,9H,2-4H2,1H3/t5-,6-/m0/s1. The van der Waals surface area contributed by atoms with Gasteiger partial charge in [-0.25, -0.2) is 4.39 Å². The number of methoxy groups -OCH3 is 1. The highest BCUT2D eigenvalue weighted by Crippen LogP contribution is 2.16. The average molecular weight is 161 g/mol. The molecule has 0 aliphatic carbocycles. The first-order chi connectivity index (χ1) is 5.25. The van der Waals surface area contributed by atoms with E-state index in [2.05, 4.69) is 10.1 Å². The molecule has 1 N–H and O–H groups in total. The van der Waals surface area contributed by atoms with E-state index in [-0.39, 0.29) is 6.54 Å². The number of nitrogens with one attached hydrogen (secondary N) is 1. The molecule has 64 valence electrons. The van der Waals surface area contributed by atoms with Crippen LogP contribution in [0.2, 0.25) is 0 Å². The SMILES string of the molecule is COC(=O)[C@H]1CCNC[C@@H]1F. The van der Waals surface area contributed by atoms with Crippen molar-refractivity contribution < 1.29 is 13.9 Å². The van der Waals surface area contributed by atoms with Gasteiger partial charge in [0, 0.05) is 6.54 Å². The zero-order valence-electron chi connectivity index (χ0n) is 6.47. The Kier molecular flexibility index (Phi) is 2.82. The molecule has 1 rings (SSSR count). The second kappa shape index (κ2) is 3.67. The Morgan fingerprint density at radius 3 is 3.00 bits per heavy atom. The highest BCUT2D eigenvalue weighted by molar-refractivity contribution is 5.73. The lowest BCUT2D eigenvalue weighted by molar-refractivity contribution is -0.148. The maximum atomic E-state index is 12.9. The summed E-state index contributed by atoms with van der Waals surface area (Å²) in [6.45, 7) is 0.958. The van der Waals surface area contributed by atoms with E-state index >= 15 is 0 Å². The number of carbonyl (C=O) groups excluding carboxylic acids is 1. The van der Waals surface area contributed by atoms with E-state index in [1.807, 2.05) is 0 Å². The van der Waals surface area contributed by atoms with Gasteiger partial charge in [-0.1, -0.05) is 0 Å². The van der Waals surface area contributed by atoms with E-state index in [1.165, 1.54) is 7.11 Å². The van der Waals surface area contributed by atoms with E-state index in [1.54, 1.807) is 0 Å². The second-order valence-electron chi connectivity index (χ2n) is 2.64. The fourth-order valence-electron chi connectivity index (χ4n) is 1.24. The molecule has 0 aromatic carbocycles. The topological polar surface area (TPSA) is 38.3 Å². The Hall–Kier alpha value is -0.640. The summed E-state index contributed by atoms with van der Waals surface area (Å²) in [6.07, 6.45) is -0.551.